The fourth-order valence-electron chi connectivity index (χ4n) is 3.44. The standard InChI is InChI=1S/C22H16ClFN2O6S/c1-10(13-5-3-11(24)7-17(13)31-2)32-12-4-6-14(23)16(8-12)26-20(27)18-15(25-22(26)30)9-33-19(18)21(28)29/h3-10H,1-2H3,(H,25,30)(H,28,29). The number of fused-ring (bicyclic) bond motifs is 1. The molecule has 2 N–H and O–H groups in total. The number of ether oxygens (including phenoxy) is 2. The molecule has 0 spiro atoms. The van der Waals surface area contributed by atoms with E-state index in [1.165, 1.54) is 42.8 Å². The minimum absolute atomic E-state index is 0.0168. The van der Waals surface area contributed by atoms with Gasteiger partial charge in [-0.3, -0.25) is 4.79 Å². The van der Waals surface area contributed by atoms with Crippen LogP contribution in [0.5, 0.6) is 11.5 Å². The van der Waals surface area contributed by atoms with Gasteiger partial charge in [0, 0.05) is 23.1 Å². The maximum atomic E-state index is 13.5. The maximum Gasteiger partial charge on any atom is 0.346 e. The molecule has 0 aliphatic heterocycles. The quantitative estimate of drug-likeness (QED) is 0.415. The molecule has 1 atom stereocenters. The third-order valence-electron chi connectivity index (χ3n) is 4.95. The summed E-state index contributed by atoms with van der Waals surface area (Å²) in [6.07, 6.45) is -0.581. The predicted octanol–water partition coefficient (Wildman–Crippen LogP) is 4.38. The van der Waals surface area contributed by atoms with Crippen LogP contribution in [-0.2, 0) is 0 Å². The number of nitrogens with zero attached hydrogens (tertiary/aromatic N) is 1. The van der Waals surface area contributed by atoms with Crippen LogP contribution in [-0.4, -0.2) is 27.7 Å². The van der Waals surface area contributed by atoms with Gasteiger partial charge in [-0.15, -0.1) is 11.3 Å². The van der Waals surface area contributed by atoms with E-state index >= 15 is 0 Å². The summed E-state index contributed by atoms with van der Waals surface area (Å²) >= 11 is 7.11. The number of benzene rings is 2. The van der Waals surface area contributed by atoms with Crippen LogP contribution in [0.15, 0.2) is 51.4 Å². The summed E-state index contributed by atoms with van der Waals surface area (Å²) in [4.78, 5) is 39.6. The van der Waals surface area contributed by atoms with Gasteiger partial charge < -0.3 is 19.6 Å². The fraction of sp³-hybridized carbons (Fsp3) is 0.136. The van der Waals surface area contributed by atoms with Crippen molar-refractivity contribution in [2.24, 2.45) is 0 Å². The molecular formula is C22H16ClFN2O6S. The fourth-order valence-corrected chi connectivity index (χ4v) is 4.47. The number of carbonyl (C=O) groups is 1. The first kappa shape index (κ1) is 22.6. The average molecular weight is 491 g/mol. The van der Waals surface area contributed by atoms with Crippen molar-refractivity contribution < 1.29 is 23.8 Å². The maximum absolute atomic E-state index is 13.5. The van der Waals surface area contributed by atoms with Crippen molar-refractivity contribution in [1.82, 2.24) is 9.55 Å². The normalized spacial score (nSPS) is 12.0. The Morgan fingerprint density at radius 3 is 2.70 bits per heavy atom. The van der Waals surface area contributed by atoms with Gasteiger partial charge in [0.15, 0.2) is 0 Å². The first-order valence-electron chi connectivity index (χ1n) is 9.51. The van der Waals surface area contributed by atoms with Crippen molar-refractivity contribution in [3.05, 3.63) is 83.9 Å². The number of methoxy groups -OCH3 is 1. The van der Waals surface area contributed by atoms with Crippen LogP contribution < -0.4 is 20.7 Å². The summed E-state index contributed by atoms with van der Waals surface area (Å²) in [5.74, 6) is -1.17. The molecule has 0 saturated heterocycles. The molecule has 4 rings (SSSR count). The van der Waals surface area contributed by atoms with E-state index < -0.39 is 29.1 Å². The Kier molecular flexibility index (Phi) is 5.96. The van der Waals surface area contributed by atoms with Crippen LogP contribution in [0.3, 0.4) is 0 Å². The van der Waals surface area contributed by atoms with E-state index in [-0.39, 0.29) is 32.2 Å². The lowest BCUT2D eigenvalue weighted by atomic mass is 10.1. The number of thiophene rings is 1. The molecule has 0 bridgehead atoms. The number of aromatic carboxylic acids is 1. The summed E-state index contributed by atoms with van der Waals surface area (Å²) in [7, 11) is 1.41. The molecule has 11 heteroatoms. The van der Waals surface area contributed by atoms with E-state index in [0.29, 0.717) is 11.3 Å². The van der Waals surface area contributed by atoms with Crippen LogP contribution in [0, 0.1) is 5.82 Å². The second-order valence-corrected chi connectivity index (χ2v) is 8.28. The van der Waals surface area contributed by atoms with Crippen molar-refractivity contribution in [3.8, 4) is 17.2 Å². The van der Waals surface area contributed by atoms with E-state index in [1.54, 1.807) is 13.0 Å². The summed E-state index contributed by atoms with van der Waals surface area (Å²) in [6.45, 7) is 1.72. The second kappa shape index (κ2) is 8.72. The van der Waals surface area contributed by atoms with Gasteiger partial charge in [-0.2, -0.15) is 0 Å². The number of hydrogen-bond acceptors (Lipinski definition) is 6. The van der Waals surface area contributed by atoms with Crippen LogP contribution >= 0.6 is 22.9 Å². The molecule has 2 heterocycles. The zero-order valence-electron chi connectivity index (χ0n) is 17.2. The molecule has 2 aromatic heterocycles. The van der Waals surface area contributed by atoms with Gasteiger partial charge in [0.05, 0.1) is 28.7 Å². The van der Waals surface area contributed by atoms with Crippen molar-refractivity contribution in [2.75, 3.05) is 7.11 Å². The van der Waals surface area contributed by atoms with Gasteiger partial charge in [-0.25, -0.2) is 18.5 Å². The summed E-state index contributed by atoms with van der Waals surface area (Å²) in [5, 5.41) is 10.7. The minimum Gasteiger partial charge on any atom is -0.496 e. The highest BCUT2D eigenvalue weighted by Crippen LogP contribution is 2.32. The molecule has 0 aliphatic carbocycles. The number of carboxylic acids is 1. The average Bonchev–Trinajstić information content (AvgIpc) is 3.20. The molecule has 8 nitrogen and oxygen atoms in total. The Morgan fingerprint density at radius 2 is 2.00 bits per heavy atom. The number of nitrogens with one attached hydrogen (secondary N) is 1. The first-order valence-corrected chi connectivity index (χ1v) is 10.8. The monoisotopic (exact) mass is 490 g/mol. The lowest BCUT2D eigenvalue weighted by molar-refractivity contribution is 0.0704. The van der Waals surface area contributed by atoms with Gasteiger partial charge in [0.1, 0.15) is 28.3 Å². The third-order valence-corrected chi connectivity index (χ3v) is 6.24. The van der Waals surface area contributed by atoms with Crippen LogP contribution in [0.25, 0.3) is 16.6 Å². The van der Waals surface area contributed by atoms with E-state index in [4.69, 9.17) is 21.1 Å². The molecule has 0 aliphatic rings. The summed E-state index contributed by atoms with van der Waals surface area (Å²) in [6, 6.07) is 8.43. The van der Waals surface area contributed by atoms with E-state index in [1.807, 2.05) is 0 Å². The Balaban J connectivity index is 1.80. The molecule has 0 fully saturated rings. The smallest absolute Gasteiger partial charge is 0.346 e. The molecule has 4 aromatic rings. The van der Waals surface area contributed by atoms with Crippen molar-refractivity contribution >= 4 is 39.8 Å². The van der Waals surface area contributed by atoms with Gasteiger partial charge in [-0.1, -0.05) is 11.6 Å². The zero-order valence-corrected chi connectivity index (χ0v) is 18.8. The highest BCUT2D eigenvalue weighted by Gasteiger charge is 2.21. The molecule has 0 saturated carbocycles. The molecule has 170 valence electrons. The van der Waals surface area contributed by atoms with Gasteiger partial charge in [-0.05, 0) is 31.2 Å². The van der Waals surface area contributed by atoms with Crippen molar-refractivity contribution in [1.29, 1.82) is 0 Å². The number of rotatable bonds is 6. The molecular weight excluding hydrogens is 475 g/mol. The van der Waals surface area contributed by atoms with Gasteiger partial charge >= 0.3 is 11.7 Å². The largest absolute Gasteiger partial charge is 0.496 e. The number of carboxylic acid groups (broad SMARTS) is 1. The second-order valence-electron chi connectivity index (χ2n) is 6.99. The van der Waals surface area contributed by atoms with Crippen molar-refractivity contribution in [3.63, 3.8) is 0 Å². The first-order chi connectivity index (χ1) is 15.7. The molecule has 33 heavy (non-hydrogen) atoms. The van der Waals surface area contributed by atoms with Gasteiger partial charge in [0.2, 0.25) is 0 Å². The van der Waals surface area contributed by atoms with E-state index in [9.17, 15) is 23.9 Å². The Bertz CT molecular complexity index is 1510. The topological polar surface area (TPSA) is 111 Å². The van der Waals surface area contributed by atoms with E-state index in [0.717, 1.165) is 15.9 Å². The van der Waals surface area contributed by atoms with E-state index in [2.05, 4.69) is 4.98 Å². The number of aromatic nitrogens is 2. The lowest BCUT2D eigenvalue weighted by Gasteiger charge is -2.19. The molecule has 1 unspecified atom stereocenters. The number of H-pyrrole nitrogens is 1. The summed E-state index contributed by atoms with van der Waals surface area (Å²) < 4.78 is 25.4. The van der Waals surface area contributed by atoms with Crippen molar-refractivity contribution in [2.45, 2.75) is 13.0 Å². The van der Waals surface area contributed by atoms with Crippen LogP contribution in [0.4, 0.5) is 4.39 Å². The molecule has 0 radical (unpaired) electrons. The third kappa shape index (κ3) is 4.10. The predicted molar refractivity (Wildman–Crippen MR) is 122 cm³/mol. The van der Waals surface area contributed by atoms with Crippen LogP contribution in [0.1, 0.15) is 28.3 Å². The molecule has 0 amide bonds. The molecule has 2 aromatic carbocycles. The number of hydrogen-bond donors (Lipinski definition) is 2. The minimum atomic E-state index is -1.28. The van der Waals surface area contributed by atoms with Crippen LogP contribution in [0.2, 0.25) is 5.02 Å². The SMILES string of the molecule is COc1cc(F)ccc1C(C)Oc1ccc(Cl)c(-n2c(=O)[nH]c3csc(C(=O)O)c3c2=O)c1. The Hall–Kier alpha value is -3.63. The Morgan fingerprint density at radius 1 is 1.24 bits per heavy atom. The highest BCUT2D eigenvalue weighted by molar-refractivity contribution is 7.13. The summed E-state index contributed by atoms with van der Waals surface area (Å²) in [5.41, 5.74) is -0.877. The number of halogens is 2. The zero-order chi connectivity index (χ0) is 23.9. The highest BCUT2D eigenvalue weighted by atomic mass is 35.5. The van der Waals surface area contributed by atoms with Gasteiger partial charge in [0.25, 0.3) is 5.56 Å². The number of aromatic amines is 1. The Labute approximate surface area is 194 Å². The lowest BCUT2D eigenvalue weighted by Crippen LogP contribution is -2.34.